The Kier molecular flexibility index (Phi) is 6.48. The molecule has 0 aliphatic carbocycles. The lowest BCUT2D eigenvalue weighted by Gasteiger charge is -2.17. The third-order valence-electron chi connectivity index (χ3n) is 3.49. The molecule has 0 aliphatic rings. The lowest BCUT2D eigenvalue weighted by molar-refractivity contribution is -0.384. The van der Waals surface area contributed by atoms with Gasteiger partial charge in [0.2, 0.25) is 0 Å². The van der Waals surface area contributed by atoms with Gasteiger partial charge in [-0.3, -0.25) is 10.1 Å². The molecule has 0 fully saturated rings. The summed E-state index contributed by atoms with van der Waals surface area (Å²) in [7, 11) is 0. The molecule has 7 heteroatoms. The van der Waals surface area contributed by atoms with Crippen molar-refractivity contribution >= 4 is 52.4 Å². The first-order valence-electron chi connectivity index (χ1n) is 7.60. The number of nitro benzene ring substituents is 1. The largest absolute Gasteiger partial charge is 0.269 e. The molecule has 0 saturated heterocycles. The molecule has 0 amide bonds. The zero-order chi connectivity index (χ0) is 18.5. The van der Waals surface area contributed by atoms with Gasteiger partial charge in [0.15, 0.2) is 0 Å². The van der Waals surface area contributed by atoms with E-state index in [4.69, 9.17) is 23.2 Å². The predicted octanol–water partition coefficient (Wildman–Crippen LogP) is 7.48. The van der Waals surface area contributed by atoms with E-state index < -0.39 is 4.92 Å². The Morgan fingerprint density at radius 2 is 1.15 bits per heavy atom. The van der Waals surface area contributed by atoms with Gasteiger partial charge in [-0.15, -0.1) is 23.5 Å². The Labute approximate surface area is 169 Å². The molecule has 132 valence electrons. The van der Waals surface area contributed by atoms with E-state index in [0.717, 1.165) is 15.4 Å². The van der Waals surface area contributed by atoms with E-state index in [0.29, 0.717) is 10.0 Å². The van der Waals surface area contributed by atoms with E-state index in [1.165, 1.54) is 12.1 Å². The highest BCUT2D eigenvalue weighted by Gasteiger charge is 2.17. The van der Waals surface area contributed by atoms with E-state index in [-0.39, 0.29) is 10.3 Å². The minimum atomic E-state index is -0.391. The normalized spacial score (nSPS) is 10.9. The molecule has 0 bridgehead atoms. The van der Waals surface area contributed by atoms with E-state index in [9.17, 15) is 10.1 Å². The summed E-state index contributed by atoms with van der Waals surface area (Å²) in [5.41, 5.74) is 1.08. The zero-order valence-electron chi connectivity index (χ0n) is 13.3. The van der Waals surface area contributed by atoms with Gasteiger partial charge in [0.1, 0.15) is 0 Å². The van der Waals surface area contributed by atoms with E-state index in [2.05, 4.69) is 0 Å². The molecule has 0 spiro atoms. The molecule has 0 unspecified atom stereocenters. The van der Waals surface area contributed by atoms with Crippen LogP contribution in [-0.2, 0) is 0 Å². The summed E-state index contributed by atoms with van der Waals surface area (Å²) in [5, 5.41) is 12.3. The average Bonchev–Trinajstić information content (AvgIpc) is 2.65. The molecular weight excluding hydrogens is 409 g/mol. The maximum Gasteiger partial charge on any atom is 0.269 e. The van der Waals surface area contributed by atoms with Crippen LogP contribution in [0.3, 0.4) is 0 Å². The molecule has 26 heavy (non-hydrogen) atoms. The monoisotopic (exact) mass is 421 g/mol. The number of thioether (sulfide) groups is 2. The highest BCUT2D eigenvalue weighted by atomic mass is 35.5. The van der Waals surface area contributed by atoms with E-state index in [1.807, 2.05) is 48.5 Å². The smallest absolute Gasteiger partial charge is 0.258 e. The summed E-state index contributed by atoms with van der Waals surface area (Å²) in [6.07, 6.45) is 0. The minimum Gasteiger partial charge on any atom is -0.258 e. The van der Waals surface area contributed by atoms with Gasteiger partial charge in [-0.2, -0.15) is 0 Å². The quantitative estimate of drug-likeness (QED) is 0.179. The van der Waals surface area contributed by atoms with Crippen LogP contribution in [-0.4, -0.2) is 4.92 Å². The molecule has 3 nitrogen and oxygen atoms in total. The van der Waals surface area contributed by atoms with Crippen molar-refractivity contribution in [2.75, 3.05) is 0 Å². The molecule has 0 N–H and O–H groups in total. The average molecular weight is 422 g/mol. The second kappa shape index (κ2) is 8.82. The second-order valence-corrected chi connectivity index (χ2v) is 8.85. The van der Waals surface area contributed by atoms with Gasteiger partial charge in [0, 0.05) is 32.0 Å². The molecule has 3 aromatic carbocycles. The Morgan fingerprint density at radius 3 is 1.54 bits per heavy atom. The van der Waals surface area contributed by atoms with Gasteiger partial charge >= 0.3 is 0 Å². The van der Waals surface area contributed by atoms with Crippen molar-refractivity contribution in [2.24, 2.45) is 0 Å². The Balaban J connectivity index is 1.87. The first kappa shape index (κ1) is 19.1. The number of nitro groups is 1. The minimum absolute atomic E-state index is 0.0261. The van der Waals surface area contributed by atoms with Gasteiger partial charge in [-0.1, -0.05) is 35.3 Å². The number of rotatable bonds is 6. The molecule has 0 radical (unpaired) electrons. The lowest BCUT2D eigenvalue weighted by Crippen LogP contribution is -1.92. The van der Waals surface area contributed by atoms with Gasteiger partial charge in [-0.05, 0) is 54.1 Å². The van der Waals surface area contributed by atoms with Crippen molar-refractivity contribution < 1.29 is 4.92 Å². The van der Waals surface area contributed by atoms with Crippen LogP contribution >= 0.6 is 46.7 Å². The number of halogens is 2. The van der Waals surface area contributed by atoms with Crippen molar-refractivity contribution in [1.29, 1.82) is 0 Å². The van der Waals surface area contributed by atoms with Crippen LogP contribution in [0.5, 0.6) is 0 Å². The number of non-ortho nitro benzene ring substituents is 1. The van der Waals surface area contributed by atoms with Gasteiger partial charge in [-0.25, -0.2) is 0 Å². The molecule has 0 heterocycles. The number of benzene rings is 3. The predicted molar refractivity (Wildman–Crippen MR) is 110 cm³/mol. The first-order valence-corrected chi connectivity index (χ1v) is 10.1. The van der Waals surface area contributed by atoms with Crippen LogP contribution in [0.15, 0.2) is 82.6 Å². The zero-order valence-corrected chi connectivity index (χ0v) is 16.5. The van der Waals surface area contributed by atoms with Crippen molar-refractivity contribution in [3.63, 3.8) is 0 Å². The fraction of sp³-hybridized carbons (Fsp3) is 0.0526. The third-order valence-corrected chi connectivity index (χ3v) is 6.63. The third kappa shape index (κ3) is 5.17. The Morgan fingerprint density at radius 1 is 0.731 bits per heavy atom. The molecule has 0 atom stereocenters. The van der Waals surface area contributed by atoms with Crippen LogP contribution in [0, 0.1) is 10.1 Å². The molecule has 0 aliphatic heterocycles. The van der Waals surface area contributed by atoms with Crippen LogP contribution in [0.2, 0.25) is 10.0 Å². The summed E-state index contributed by atoms with van der Waals surface area (Å²) < 4.78 is 0.0261. The van der Waals surface area contributed by atoms with Crippen molar-refractivity contribution in [3.05, 3.63) is 98.5 Å². The van der Waals surface area contributed by atoms with E-state index >= 15 is 0 Å². The highest BCUT2D eigenvalue weighted by Crippen LogP contribution is 2.47. The summed E-state index contributed by atoms with van der Waals surface area (Å²) >= 11 is 15.3. The van der Waals surface area contributed by atoms with E-state index in [1.54, 1.807) is 35.7 Å². The standard InChI is InChI=1S/C19H13Cl2NO2S2/c20-14-3-9-17(10-4-14)25-19(26-18-11-5-15(21)6-12-18)13-1-7-16(8-2-13)22(23)24/h1-12,19H. The second-order valence-electron chi connectivity index (χ2n) is 5.32. The van der Waals surface area contributed by atoms with Gasteiger partial charge < -0.3 is 0 Å². The molecule has 0 aromatic heterocycles. The van der Waals surface area contributed by atoms with Crippen LogP contribution < -0.4 is 0 Å². The maximum absolute atomic E-state index is 10.9. The van der Waals surface area contributed by atoms with Crippen LogP contribution in [0.1, 0.15) is 10.1 Å². The molecular formula is C19H13Cl2NO2S2. The molecule has 0 saturated carbocycles. The summed E-state index contributed by atoms with van der Waals surface area (Å²) in [5.74, 6) is 0. The van der Waals surface area contributed by atoms with Crippen molar-refractivity contribution in [3.8, 4) is 0 Å². The topological polar surface area (TPSA) is 43.1 Å². The lowest BCUT2D eigenvalue weighted by atomic mass is 10.2. The van der Waals surface area contributed by atoms with Gasteiger partial charge in [0.25, 0.3) is 5.69 Å². The maximum atomic E-state index is 10.9. The highest BCUT2D eigenvalue weighted by molar-refractivity contribution is 8.16. The first-order chi connectivity index (χ1) is 12.5. The Hall–Kier alpha value is -1.66. The molecule has 3 aromatic rings. The van der Waals surface area contributed by atoms with Crippen molar-refractivity contribution in [2.45, 2.75) is 14.4 Å². The molecule has 3 rings (SSSR count). The number of hydrogen-bond donors (Lipinski definition) is 0. The summed E-state index contributed by atoms with van der Waals surface area (Å²) in [6, 6.07) is 21.9. The fourth-order valence-electron chi connectivity index (χ4n) is 2.19. The summed E-state index contributed by atoms with van der Waals surface area (Å²) in [6.45, 7) is 0. The van der Waals surface area contributed by atoms with Crippen LogP contribution in [0.4, 0.5) is 5.69 Å². The summed E-state index contributed by atoms with van der Waals surface area (Å²) in [4.78, 5) is 12.6. The fourth-order valence-corrected chi connectivity index (χ4v) is 4.97. The number of nitrogens with zero attached hydrogens (tertiary/aromatic N) is 1. The van der Waals surface area contributed by atoms with Crippen LogP contribution in [0.25, 0.3) is 0 Å². The Bertz CT molecular complexity index is 837. The SMILES string of the molecule is O=[N+]([O-])c1ccc(C(Sc2ccc(Cl)cc2)Sc2ccc(Cl)cc2)cc1. The number of hydrogen-bond acceptors (Lipinski definition) is 4. The van der Waals surface area contributed by atoms with Crippen molar-refractivity contribution in [1.82, 2.24) is 0 Å². The van der Waals surface area contributed by atoms with Gasteiger partial charge in [0.05, 0.1) is 9.51 Å².